The maximum Gasteiger partial charge on any atom is 0.322 e. The van der Waals surface area contributed by atoms with E-state index in [0.717, 1.165) is 11.3 Å². The number of benzene rings is 2. The van der Waals surface area contributed by atoms with Crippen LogP contribution < -0.4 is 20.3 Å². The third kappa shape index (κ3) is 3.58. The SMILES string of the molecule is COc1ccc2c(c1)CC(CC1(C3CCN(c4ccccc4C#N)CC3)NC(=O)NC1=O)C2=O. The quantitative estimate of drug-likeness (QED) is 0.667. The Hall–Kier alpha value is -3.86. The molecule has 2 aromatic rings. The van der Waals surface area contributed by atoms with Crippen LogP contribution in [0.15, 0.2) is 42.5 Å². The fourth-order valence-corrected chi connectivity index (χ4v) is 5.80. The van der Waals surface area contributed by atoms with Crippen molar-refractivity contribution < 1.29 is 19.1 Å². The Morgan fingerprint density at radius 3 is 2.59 bits per heavy atom. The number of ether oxygens (including phenoxy) is 1. The van der Waals surface area contributed by atoms with Crippen LogP contribution in [0.1, 0.15) is 40.7 Å². The monoisotopic (exact) mass is 458 g/mol. The molecule has 2 heterocycles. The average Bonchev–Trinajstić information content (AvgIpc) is 3.33. The van der Waals surface area contributed by atoms with Crippen molar-refractivity contribution in [2.45, 2.75) is 31.2 Å². The zero-order valence-electron chi connectivity index (χ0n) is 19.0. The molecule has 2 atom stereocenters. The molecule has 34 heavy (non-hydrogen) atoms. The van der Waals surface area contributed by atoms with Gasteiger partial charge in [-0.05, 0) is 67.5 Å². The highest BCUT2D eigenvalue weighted by molar-refractivity contribution is 6.08. The van der Waals surface area contributed by atoms with Gasteiger partial charge in [0.2, 0.25) is 0 Å². The van der Waals surface area contributed by atoms with Gasteiger partial charge in [0, 0.05) is 24.6 Å². The van der Waals surface area contributed by atoms with Crippen LogP contribution in [0.2, 0.25) is 0 Å². The Balaban J connectivity index is 1.37. The summed E-state index contributed by atoms with van der Waals surface area (Å²) in [4.78, 5) is 40.7. The molecule has 3 amide bonds. The number of imide groups is 1. The summed E-state index contributed by atoms with van der Waals surface area (Å²) in [5, 5.41) is 14.8. The van der Waals surface area contributed by atoms with Gasteiger partial charge in [-0.3, -0.25) is 14.9 Å². The predicted molar refractivity (Wildman–Crippen MR) is 125 cm³/mol. The number of ketones is 1. The fourth-order valence-electron chi connectivity index (χ4n) is 5.80. The van der Waals surface area contributed by atoms with Crippen molar-refractivity contribution in [2.75, 3.05) is 25.1 Å². The number of rotatable bonds is 5. The second-order valence-electron chi connectivity index (χ2n) is 9.26. The van der Waals surface area contributed by atoms with Gasteiger partial charge in [-0.25, -0.2) is 4.79 Å². The van der Waals surface area contributed by atoms with E-state index in [-0.39, 0.29) is 29.9 Å². The molecule has 5 rings (SSSR count). The number of nitrogens with one attached hydrogen (secondary N) is 2. The van der Waals surface area contributed by atoms with Crippen LogP contribution in [0.5, 0.6) is 5.75 Å². The van der Waals surface area contributed by atoms with E-state index in [0.29, 0.717) is 49.2 Å². The molecule has 0 spiro atoms. The largest absolute Gasteiger partial charge is 0.497 e. The number of fused-ring (bicyclic) bond motifs is 1. The predicted octanol–water partition coefficient (Wildman–Crippen LogP) is 2.81. The Morgan fingerprint density at radius 2 is 1.91 bits per heavy atom. The molecule has 2 aliphatic heterocycles. The van der Waals surface area contributed by atoms with Gasteiger partial charge in [0.1, 0.15) is 17.4 Å². The minimum atomic E-state index is -1.12. The van der Waals surface area contributed by atoms with E-state index in [9.17, 15) is 19.6 Å². The fraction of sp³-hybridized carbons (Fsp3) is 0.385. The van der Waals surface area contributed by atoms with Crippen molar-refractivity contribution >= 4 is 23.4 Å². The molecule has 8 heteroatoms. The van der Waals surface area contributed by atoms with Crippen LogP contribution in [0, 0.1) is 23.2 Å². The second kappa shape index (κ2) is 8.49. The summed E-state index contributed by atoms with van der Waals surface area (Å²) >= 11 is 0. The molecular formula is C26H26N4O4. The normalized spacial score (nSPS) is 24.4. The molecule has 2 fully saturated rings. The van der Waals surface area contributed by atoms with E-state index in [1.54, 1.807) is 25.3 Å². The maximum absolute atomic E-state index is 13.2. The van der Waals surface area contributed by atoms with Gasteiger partial charge in [-0.2, -0.15) is 5.26 Å². The smallest absolute Gasteiger partial charge is 0.322 e. The van der Waals surface area contributed by atoms with Gasteiger partial charge < -0.3 is 15.0 Å². The number of nitriles is 1. The minimum Gasteiger partial charge on any atom is -0.497 e. The van der Waals surface area contributed by atoms with E-state index >= 15 is 0 Å². The lowest BCUT2D eigenvalue weighted by Gasteiger charge is -2.42. The highest BCUT2D eigenvalue weighted by Gasteiger charge is 2.54. The first kappa shape index (κ1) is 22.0. The van der Waals surface area contributed by atoms with Crippen LogP contribution in [0.4, 0.5) is 10.5 Å². The molecule has 2 N–H and O–H groups in total. The Labute approximate surface area is 197 Å². The first-order chi connectivity index (χ1) is 16.4. The highest BCUT2D eigenvalue weighted by Crippen LogP contribution is 2.41. The van der Waals surface area contributed by atoms with Crippen molar-refractivity contribution in [3.05, 3.63) is 59.2 Å². The third-order valence-electron chi connectivity index (χ3n) is 7.51. The van der Waals surface area contributed by atoms with Crippen molar-refractivity contribution in [1.29, 1.82) is 5.26 Å². The zero-order valence-corrected chi connectivity index (χ0v) is 19.0. The van der Waals surface area contributed by atoms with Crippen molar-refractivity contribution in [1.82, 2.24) is 10.6 Å². The molecule has 174 valence electrons. The summed E-state index contributed by atoms with van der Waals surface area (Å²) in [7, 11) is 1.59. The molecule has 0 saturated carbocycles. The molecular weight excluding hydrogens is 432 g/mol. The second-order valence-corrected chi connectivity index (χ2v) is 9.26. The zero-order chi connectivity index (χ0) is 23.9. The summed E-state index contributed by atoms with van der Waals surface area (Å²) < 4.78 is 5.30. The van der Waals surface area contributed by atoms with Gasteiger partial charge in [-0.15, -0.1) is 0 Å². The maximum atomic E-state index is 13.2. The topological polar surface area (TPSA) is 112 Å². The van der Waals surface area contributed by atoms with Crippen LogP contribution in [0.3, 0.4) is 0 Å². The summed E-state index contributed by atoms with van der Waals surface area (Å²) in [6.45, 7) is 1.31. The molecule has 8 nitrogen and oxygen atoms in total. The van der Waals surface area contributed by atoms with Gasteiger partial charge in [0.05, 0.1) is 18.4 Å². The average molecular weight is 459 g/mol. The molecule has 2 saturated heterocycles. The molecule has 1 aliphatic carbocycles. The van der Waals surface area contributed by atoms with Crippen molar-refractivity contribution in [3.8, 4) is 11.8 Å². The van der Waals surface area contributed by atoms with E-state index in [2.05, 4.69) is 21.6 Å². The summed E-state index contributed by atoms with van der Waals surface area (Å²) in [5.41, 5.74) is 1.95. The molecule has 0 bridgehead atoms. The number of carbonyl (C=O) groups excluding carboxylic acids is 3. The number of amides is 3. The molecule has 3 aliphatic rings. The number of hydrogen-bond acceptors (Lipinski definition) is 6. The molecule has 2 unspecified atom stereocenters. The summed E-state index contributed by atoms with van der Waals surface area (Å²) in [5.74, 6) is -0.154. The molecule has 0 aromatic heterocycles. The molecule has 0 radical (unpaired) electrons. The number of Topliss-reactive ketones (excluding diaryl/α,β-unsaturated/α-hetero) is 1. The number of piperidine rings is 1. The summed E-state index contributed by atoms with van der Waals surface area (Å²) in [6.07, 6.45) is 2.11. The Kier molecular flexibility index (Phi) is 5.48. The lowest BCUT2D eigenvalue weighted by atomic mass is 9.72. The number of nitrogens with zero attached hydrogens (tertiary/aromatic N) is 2. The lowest BCUT2D eigenvalue weighted by Crippen LogP contribution is -2.57. The van der Waals surface area contributed by atoms with E-state index in [1.807, 2.05) is 24.3 Å². The van der Waals surface area contributed by atoms with Crippen molar-refractivity contribution in [3.63, 3.8) is 0 Å². The number of carbonyl (C=O) groups is 3. The number of hydrogen-bond donors (Lipinski definition) is 2. The van der Waals surface area contributed by atoms with Crippen LogP contribution in [0.25, 0.3) is 0 Å². The Bertz CT molecular complexity index is 1210. The van der Waals surface area contributed by atoms with Crippen LogP contribution >= 0.6 is 0 Å². The molecule has 2 aromatic carbocycles. The first-order valence-corrected chi connectivity index (χ1v) is 11.5. The van der Waals surface area contributed by atoms with Crippen LogP contribution in [-0.2, 0) is 11.2 Å². The number of para-hydroxylation sites is 1. The minimum absolute atomic E-state index is 0.00589. The van der Waals surface area contributed by atoms with E-state index in [4.69, 9.17) is 4.74 Å². The summed E-state index contributed by atoms with van der Waals surface area (Å²) in [6, 6.07) is 14.6. The lowest BCUT2D eigenvalue weighted by molar-refractivity contribution is -0.126. The number of anilines is 1. The number of urea groups is 1. The van der Waals surface area contributed by atoms with E-state index < -0.39 is 11.6 Å². The van der Waals surface area contributed by atoms with Gasteiger partial charge in [0.25, 0.3) is 5.91 Å². The van der Waals surface area contributed by atoms with Crippen molar-refractivity contribution in [2.24, 2.45) is 11.8 Å². The van der Waals surface area contributed by atoms with Gasteiger partial charge in [-0.1, -0.05) is 12.1 Å². The third-order valence-corrected chi connectivity index (χ3v) is 7.51. The standard InChI is InChI=1S/C26H26N4O4/c1-34-20-6-7-21-17(13-20)12-18(23(21)31)14-26(24(32)28-25(33)29-26)19-8-10-30(11-9-19)22-5-3-2-4-16(22)15-27/h2-7,13,18-19H,8-12,14H2,1H3,(H2,28,29,32,33). The van der Waals surface area contributed by atoms with Gasteiger partial charge >= 0.3 is 6.03 Å². The Morgan fingerprint density at radius 1 is 1.15 bits per heavy atom. The first-order valence-electron chi connectivity index (χ1n) is 11.5. The highest BCUT2D eigenvalue weighted by atomic mass is 16.5. The van der Waals surface area contributed by atoms with Gasteiger partial charge in [0.15, 0.2) is 5.78 Å². The van der Waals surface area contributed by atoms with Crippen LogP contribution in [-0.4, -0.2) is 43.5 Å². The van der Waals surface area contributed by atoms with E-state index in [1.165, 1.54) is 0 Å². The number of methoxy groups -OCH3 is 1.